The topological polar surface area (TPSA) is 60.8 Å². The molecule has 1 heterocycles. The summed E-state index contributed by atoms with van der Waals surface area (Å²) in [7, 11) is 0. The maximum absolute atomic E-state index is 12.0. The third-order valence-corrected chi connectivity index (χ3v) is 5.08. The molecule has 1 aliphatic rings. The summed E-state index contributed by atoms with van der Waals surface area (Å²) in [5, 5.41) is 20.5. The minimum atomic E-state index is -1.10. The molecule has 2 atom stereocenters. The highest BCUT2D eigenvalue weighted by Crippen LogP contribution is 2.37. The van der Waals surface area contributed by atoms with Gasteiger partial charge in [-0.05, 0) is 36.8 Å². The van der Waals surface area contributed by atoms with Crippen molar-refractivity contribution in [1.29, 1.82) is 0 Å². The summed E-state index contributed by atoms with van der Waals surface area (Å²) in [4.78, 5) is 14.2. The third kappa shape index (κ3) is 4.25. The van der Waals surface area contributed by atoms with Gasteiger partial charge in [0.1, 0.15) is 5.41 Å². The molecule has 132 valence electrons. The van der Waals surface area contributed by atoms with Gasteiger partial charge in [-0.15, -0.1) is 6.58 Å². The fraction of sp³-hybridized carbons (Fsp3) is 0.550. The van der Waals surface area contributed by atoms with E-state index >= 15 is 0 Å². The van der Waals surface area contributed by atoms with Gasteiger partial charge in [0, 0.05) is 13.1 Å². The minimum absolute atomic E-state index is 0.0735. The molecule has 1 aromatic carbocycles. The average molecular weight is 331 g/mol. The van der Waals surface area contributed by atoms with Crippen molar-refractivity contribution in [3.05, 3.63) is 48.6 Å². The molecule has 0 aliphatic carbocycles. The van der Waals surface area contributed by atoms with Crippen molar-refractivity contribution in [1.82, 2.24) is 4.90 Å². The number of β-amino-alcohol motifs (C(OH)–C–C–N with tert-alkyl or cyclic N) is 1. The number of piperidine rings is 1. The van der Waals surface area contributed by atoms with Gasteiger partial charge in [0.2, 0.25) is 0 Å². The number of likely N-dealkylation sites (tertiary alicyclic amines) is 1. The Morgan fingerprint density at radius 2 is 2.08 bits per heavy atom. The molecule has 1 aliphatic heterocycles. The Hall–Kier alpha value is -1.65. The third-order valence-electron chi connectivity index (χ3n) is 5.08. The fourth-order valence-electron chi connectivity index (χ4n) is 3.73. The molecule has 2 rings (SSSR count). The average Bonchev–Trinajstić information content (AvgIpc) is 2.50. The van der Waals surface area contributed by atoms with Gasteiger partial charge >= 0.3 is 5.97 Å². The number of aliphatic hydroxyl groups is 1. The number of nitrogens with zero attached hydrogens (tertiary/aromatic N) is 1. The number of allylic oxidation sites excluding steroid dienone is 1. The molecule has 0 spiro atoms. The van der Waals surface area contributed by atoms with Crippen LogP contribution < -0.4 is 0 Å². The predicted octanol–water partition coefficient (Wildman–Crippen LogP) is 2.97. The summed E-state index contributed by atoms with van der Waals surface area (Å²) < 4.78 is 0. The summed E-state index contributed by atoms with van der Waals surface area (Å²) in [6, 6.07) is 9.58. The van der Waals surface area contributed by atoms with Gasteiger partial charge in [-0.1, -0.05) is 50.3 Å². The number of carboxylic acid groups (broad SMARTS) is 1. The molecule has 0 saturated carbocycles. The Bertz CT molecular complexity index is 570. The predicted molar refractivity (Wildman–Crippen MR) is 95.9 cm³/mol. The van der Waals surface area contributed by atoms with Gasteiger partial charge in [0.25, 0.3) is 0 Å². The van der Waals surface area contributed by atoms with Crippen molar-refractivity contribution in [2.75, 3.05) is 19.6 Å². The van der Waals surface area contributed by atoms with Gasteiger partial charge in [-0.3, -0.25) is 4.79 Å². The number of hydrogen-bond acceptors (Lipinski definition) is 3. The van der Waals surface area contributed by atoms with E-state index < -0.39 is 17.5 Å². The largest absolute Gasteiger partial charge is 0.481 e. The Morgan fingerprint density at radius 1 is 1.42 bits per heavy atom. The Morgan fingerprint density at radius 3 is 2.62 bits per heavy atom. The van der Waals surface area contributed by atoms with E-state index in [1.165, 1.54) is 0 Å². The van der Waals surface area contributed by atoms with Crippen molar-refractivity contribution < 1.29 is 15.0 Å². The van der Waals surface area contributed by atoms with Crippen molar-refractivity contribution in [2.24, 2.45) is 10.8 Å². The van der Waals surface area contributed by atoms with Crippen molar-refractivity contribution >= 4 is 5.97 Å². The second-order valence-corrected chi connectivity index (χ2v) is 7.78. The second-order valence-electron chi connectivity index (χ2n) is 7.78. The zero-order valence-corrected chi connectivity index (χ0v) is 14.7. The van der Waals surface area contributed by atoms with Gasteiger partial charge in [-0.2, -0.15) is 0 Å². The first-order valence-electron chi connectivity index (χ1n) is 8.58. The summed E-state index contributed by atoms with van der Waals surface area (Å²) in [5.41, 5.74) is -0.0655. The van der Waals surface area contributed by atoms with E-state index in [-0.39, 0.29) is 5.41 Å². The number of hydrogen-bond donors (Lipinski definition) is 2. The van der Waals surface area contributed by atoms with E-state index in [0.29, 0.717) is 25.9 Å². The van der Waals surface area contributed by atoms with E-state index in [0.717, 1.165) is 18.5 Å². The van der Waals surface area contributed by atoms with Crippen LogP contribution in [0.15, 0.2) is 43.0 Å². The molecule has 24 heavy (non-hydrogen) atoms. The van der Waals surface area contributed by atoms with E-state index in [1.54, 1.807) is 0 Å². The van der Waals surface area contributed by atoms with E-state index in [4.69, 9.17) is 0 Å². The van der Waals surface area contributed by atoms with Gasteiger partial charge < -0.3 is 15.1 Å². The zero-order valence-electron chi connectivity index (χ0n) is 14.7. The number of aliphatic carboxylic acids is 1. The molecule has 0 bridgehead atoms. The number of rotatable bonds is 7. The van der Waals surface area contributed by atoms with Crippen molar-refractivity contribution in [3.63, 3.8) is 0 Å². The lowest BCUT2D eigenvalue weighted by Crippen LogP contribution is -2.57. The standard InChI is InChI=1S/C20H29NO3/c1-4-10-19(2,3)15-21-12-11-20(18(23)24,17(22)14-21)13-16-8-6-5-7-9-16/h4-9,17,22H,1,10-15H2,2-3H3,(H,23,24)/t17-,20+/m0/s1. The molecule has 1 saturated heterocycles. The number of carboxylic acids is 1. The van der Waals surface area contributed by atoms with E-state index in [1.807, 2.05) is 36.4 Å². The molecule has 1 aromatic rings. The van der Waals surface area contributed by atoms with Gasteiger partial charge in [0.15, 0.2) is 0 Å². The monoisotopic (exact) mass is 331 g/mol. The van der Waals surface area contributed by atoms with Crippen LogP contribution in [0, 0.1) is 10.8 Å². The first-order valence-corrected chi connectivity index (χ1v) is 8.58. The quantitative estimate of drug-likeness (QED) is 0.754. The van der Waals surface area contributed by atoms with Crippen LogP contribution in [0.3, 0.4) is 0 Å². The van der Waals surface area contributed by atoms with Crippen LogP contribution in [-0.4, -0.2) is 46.8 Å². The van der Waals surface area contributed by atoms with Crippen molar-refractivity contribution in [2.45, 2.75) is 39.2 Å². The maximum Gasteiger partial charge on any atom is 0.312 e. The van der Waals surface area contributed by atoms with Crippen LogP contribution in [0.2, 0.25) is 0 Å². The van der Waals surface area contributed by atoms with E-state index in [9.17, 15) is 15.0 Å². The maximum atomic E-state index is 12.0. The van der Waals surface area contributed by atoms with Crippen LogP contribution in [0.1, 0.15) is 32.3 Å². The SMILES string of the molecule is C=CCC(C)(C)CN1CC[C@](Cc2ccccc2)(C(=O)O)[C@@H](O)C1. The lowest BCUT2D eigenvalue weighted by atomic mass is 9.71. The highest BCUT2D eigenvalue weighted by atomic mass is 16.4. The number of carbonyl (C=O) groups is 1. The first-order chi connectivity index (χ1) is 11.3. The first kappa shape index (κ1) is 18.7. The molecule has 1 fully saturated rings. The molecule has 0 unspecified atom stereocenters. The number of aliphatic hydroxyl groups excluding tert-OH is 1. The highest BCUT2D eigenvalue weighted by molar-refractivity contribution is 5.76. The van der Waals surface area contributed by atoms with Crippen LogP contribution in [0.4, 0.5) is 0 Å². The molecule has 0 aromatic heterocycles. The zero-order chi connectivity index (χ0) is 17.8. The number of benzene rings is 1. The Labute approximate surface area is 144 Å². The highest BCUT2D eigenvalue weighted by Gasteiger charge is 2.48. The van der Waals surface area contributed by atoms with Gasteiger partial charge in [0.05, 0.1) is 6.10 Å². The Balaban J connectivity index is 2.11. The van der Waals surface area contributed by atoms with Crippen LogP contribution in [0.25, 0.3) is 0 Å². The van der Waals surface area contributed by atoms with Gasteiger partial charge in [-0.25, -0.2) is 0 Å². The smallest absolute Gasteiger partial charge is 0.312 e. The van der Waals surface area contributed by atoms with Crippen LogP contribution >= 0.6 is 0 Å². The Kier molecular flexibility index (Phi) is 5.83. The van der Waals surface area contributed by atoms with Crippen molar-refractivity contribution in [3.8, 4) is 0 Å². The summed E-state index contributed by atoms with van der Waals surface area (Å²) in [5.74, 6) is -0.899. The summed E-state index contributed by atoms with van der Waals surface area (Å²) in [6.45, 7) is 10.1. The lowest BCUT2D eigenvalue weighted by Gasteiger charge is -2.45. The molecule has 4 heteroatoms. The van der Waals surface area contributed by atoms with Crippen LogP contribution in [-0.2, 0) is 11.2 Å². The minimum Gasteiger partial charge on any atom is -0.481 e. The lowest BCUT2D eigenvalue weighted by molar-refractivity contribution is -0.163. The summed E-state index contributed by atoms with van der Waals surface area (Å²) in [6.07, 6.45) is 2.77. The fourth-order valence-corrected chi connectivity index (χ4v) is 3.73. The normalized spacial score (nSPS) is 25.4. The molecule has 0 amide bonds. The molecular weight excluding hydrogens is 302 g/mol. The molecular formula is C20H29NO3. The van der Waals surface area contributed by atoms with Crippen LogP contribution in [0.5, 0.6) is 0 Å². The second kappa shape index (κ2) is 7.49. The summed E-state index contributed by atoms with van der Waals surface area (Å²) >= 11 is 0. The molecule has 4 nitrogen and oxygen atoms in total. The molecule has 2 N–H and O–H groups in total. The van der Waals surface area contributed by atoms with E-state index in [2.05, 4.69) is 25.3 Å². The molecule has 0 radical (unpaired) electrons.